The Kier molecular flexibility index (Phi) is 4.45. The number of fused-ring (bicyclic) bond motifs is 1. The summed E-state index contributed by atoms with van der Waals surface area (Å²) in [6, 6.07) is 13.2. The number of anilines is 1. The van der Waals surface area contributed by atoms with E-state index in [4.69, 9.17) is 4.74 Å². The lowest BCUT2D eigenvalue weighted by Gasteiger charge is -2.03. The second-order valence-corrected chi connectivity index (χ2v) is 6.54. The minimum absolute atomic E-state index is 0.0546. The van der Waals surface area contributed by atoms with Crippen molar-refractivity contribution in [1.82, 2.24) is 14.6 Å². The van der Waals surface area contributed by atoms with Gasteiger partial charge in [-0.1, -0.05) is 12.1 Å². The monoisotopic (exact) mass is 395 g/mol. The number of rotatable bonds is 5. The van der Waals surface area contributed by atoms with Crippen LogP contribution in [0.4, 0.5) is 11.6 Å². The fraction of sp³-hybridized carbons (Fsp3) is 0.0556. The van der Waals surface area contributed by atoms with E-state index in [1.807, 2.05) is 29.6 Å². The number of para-hydroxylation sites is 1. The molecule has 0 bridgehead atoms. The molecule has 0 fully saturated rings. The van der Waals surface area contributed by atoms with Gasteiger partial charge >= 0.3 is 0 Å². The number of benzene rings is 2. The lowest BCUT2D eigenvalue weighted by atomic mass is 10.1. The number of nitrogens with zero attached hydrogens (tertiary/aromatic N) is 4. The van der Waals surface area contributed by atoms with Gasteiger partial charge in [0.05, 0.1) is 17.7 Å². The Morgan fingerprint density at radius 1 is 1.21 bits per heavy atom. The first kappa shape index (κ1) is 17.6. The molecule has 4 aromatic rings. The first-order valence-electron chi connectivity index (χ1n) is 8.10. The van der Waals surface area contributed by atoms with Gasteiger partial charge in [0.15, 0.2) is 0 Å². The zero-order valence-corrected chi connectivity index (χ0v) is 15.3. The number of carbonyl (C=O) groups excluding carboxylic acids is 1. The highest BCUT2D eigenvalue weighted by Crippen LogP contribution is 2.27. The van der Waals surface area contributed by atoms with Gasteiger partial charge in [0.25, 0.3) is 17.5 Å². The maximum Gasteiger partial charge on any atom is 0.282 e. The summed E-state index contributed by atoms with van der Waals surface area (Å²) in [6.45, 7) is 0. The normalized spacial score (nSPS) is 10.8. The molecule has 0 aliphatic heterocycles. The Morgan fingerprint density at radius 3 is 2.68 bits per heavy atom. The Hall–Kier alpha value is -3.79. The summed E-state index contributed by atoms with van der Waals surface area (Å²) >= 11 is 1.37. The Balaban J connectivity index is 1.63. The van der Waals surface area contributed by atoms with Crippen LogP contribution < -0.4 is 10.1 Å². The molecule has 0 unspecified atom stereocenters. The van der Waals surface area contributed by atoms with Crippen molar-refractivity contribution in [3.63, 3.8) is 0 Å². The van der Waals surface area contributed by atoms with Crippen LogP contribution in [0.25, 0.3) is 16.2 Å². The minimum Gasteiger partial charge on any atom is -0.497 e. The van der Waals surface area contributed by atoms with Crippen LogP contribution >= 0.6 is 11.3 Å². The summed E-state index contributed by atoms with van der Waals surface area (Å²) < 4.78 is 6.78. The second kappa shape index (κ2) is 7.08. The molecular weight excluding hydrogens is 382 g/mol. The standard InChI is InChI=1S/C18H13N5O4S/c1-27-12-8-6-11(7-9-12)15-10-28-18-20-17(21-22(15)18)19-16(24)13-4-2-3-5-14(13)23(25)26/h2-10H,1H3,(H,19,21,24). The van der Waals surface area contributed by atoms with Gasteiger partial charge in [-0.2, -0.15) is 4.98 Å². The van der Waals surface area contributed by atoms with Crippen LogP contribution in [0.2, 0.25) is 0 Å². The number of nitro benzene ring substituents is 1. The number of carbonyl (C=O) groups is 1. The zero-order chi connectivity index (χ0) is 19.7. The van der Waals surface area contributed by atoms with Crippen LogP contribution in [-0.4, -0.2) is 32.5 Å². The number of hydrogen-bond donors (Lipinski definition) is 1. The first-order chi connectivity index (χ1) is 13.6. The van der Waals surface area contributed by atoms with Crippen LogP contribution in [0.15, 0.2) is 53.9 Å². The third-order valence-electron chi connectivity index (χ3n) is 4.04. The highest BCUT2D eigenvalue weighted by molar-refractivity contribution is 7.15. The Labute approximate surface area is 162 Å². The van der Waals surface area contributed by atoms with Crippen molar-refractivity contribution in [2.45, 2.75) is 0 Å². The van der Waals surface area contributed by atoms with Crippen molar-refractivity contribution >= 4 is 33.8 Å². The number of nitro groups is 1. The molecule has 140 valence electrons. The molecule has 0 saturated carbocycles. The van der Waals surface area contributed by atoms with E-state index in [1.54, 1.807) is 17.7 Å². The van der Waals surface area contributed by atoms with E-state index in [-0.39, 0.29) is 17.2 Å². The van der Waals surface area contributed by atoms with Gasteiger partial charge in [0, 0.05) is 17.0 Å². The fourth-order valence-electron chi connectivity index (χ4n) is 2.69. The molecule has 2 aromatic heterocycles. The quantitative estimate of drug-likeness (QED) is 0.408. The number of amides is 1. The summed E-state index contributed by atoms with van der Waals surface area (Å²) in [5, 5.41) is 19.9. The lowest BCUT2D eigenvalue weighted by molar-refractivity contribution is -0.385. The van der Waals surface area contributed by atoms with Crippen LogP contribution in [0.3, 0.4) is 0 Å². The van der Waals surface area contributed by atoms with Crippen molar-refractivity contribution in [3.05, 3.63) is 69.6 Å². The number of ether oxygens (including phenoxy) is 1. The summed E-state index contributed by atoms with van der Waals surface area (Å²) in [4.78, 5) is 27.8. The Bertz CT molecular complexity index is 1180. The van der Waals surface area contributed by atoms with Crippen molar-refractivity contribution in [2.75, 3.05) is 12.4 Å². The summed E-state index contributed by atoms with van der Waals surface area (Å²) in [5.41, 5.74) is 1.39. The van der Waals surface area contributed by atoms with Crippen LogP contribution in [0.1, 0.15) is 10.4 Å². The number of nitrogens with one attached hydrogen (secondary N) is 1. The zero-order valence-electron chi connectivity index (χ0n) is 14.5. The van der Waals surface area contributed by atoms with Gasteiger partial charge in [-0.15, -0.1) is 16.4 Å². The summed E-state index contributed by atoms with van der Waals surface area (Å²) in [7, 11) is 1.60. The first-order valence-corrected chi connectivity index (χ1v) is 8.98. The molecule has 0 saturated heterocycles. The number of thiazole rings is 1. The number of aromatic nitrogens is 3. The van der Waals surface area contributed by atoms with Gasteiger partial charge in [0.2, 0.25) is 4.96 Å². The van der Waals surface area contributed by atoms with Gasteiger partial charge in [-0.3, -0.25) is 20.2 Å². The molecule has 0 spiro atoms. The van der Waals surface area contributed by atoms with Crippen molar-refractivity contribution in [2.24, 2.45) is 0 Å². The van der Waals surface area contributed by atoms with E-state index in [1.165, 1.54) is 29.5 Å². The highest BCUT2D eigenvalue weighted by atomic mass is 32.1. The van der Waals surface area contributed by atoms with E-state index in [0.29, 0.717) is 4.96 Å². The van der Waals surface area contributed by atoms with Gasteiger partial charge in [-0.25, -0.2) is 4.52 Å². The van der Waals surface area contributed by atoms with Gasteiger partial charge in [0.1, 0.15) is 11.3 Å². The van der Waals surface area contributed by atoms with Crippen LogP contribution in [-0.2, 0) is 0 Å². The molecule has 10 heteroatoms. The molecule has 2 heterocycles. The fourth-order valence-corrected chi connectivity index (χ4v) is 3.52. The lowest BCUT2D eigenvalue weighted by Crippen LogP contribution is -2.15. The maximum atomic E-state index is 12.4. The van der Waals surface area contributed by atoms with Gasteiger partial charge in [-0.05, 0) is 30.3 Å². The predicted molar refractivity (Wildman–Crippen MR) is 104 cm³/mol. The molecular formula is C18H13N5O4S. The topological polar surface area (TPSA) is 112 Å². The molecule has 28 heavy (non-hydrogen) atoms. The highest BCUT2D eigenvalue weighted by Gasteiger charge is 2.21. The average molecular weight is 395 g/mol. The SMILES string of the molecule is COc1ccc(-c2csc3nc(NC(=O)c4ccccc4[N+](=O)[O-])nn23)cc1. The maximum absolute atomic E-state index is 12.4. The molecule has 1 N–H and O–H groups in total. The van der Waals surface area contributed by atoms with E-state index in [2.05, 4.69) is 15.4 Å². The molecule has 2 aromatic carbocycles. The smallest absolute Gasteiger partial charge is 0.282 e. The summed E-state index contributed by atoms with van der Waals surface area (Å²) in [5.74, 6) is 0.174. The third kappa shape index (κ3) is 3.16. The molecule has 0 radical (unpaired) electrons. The van der Waals surface area contributed by atoms with Crippen LogP contribution in [0.5, 0.6) is 5.75 Å². The average Bonchev–Trinajstić information content (AvgIpc) is 3.28. The molecule has 9 nitrogen and oxygen atoms in total. The molecule has 1 amide bonds. The van der Waals surface area contributed by atoms with Crippen LogP contribution in [0, 0.1) is 10.1 Å². The van der Waals surface area contributed by atoms with E-state index in [9.17, 15) is 14.9 Å². The van der Waals surface area contributed by atoms with Crippen molar-refractivity contribution in [1.29, 1.82) is 0 Å². The summed E-state index contributed by atoms with van der Waals surface area (Å²) in [6.07, 6.45) is 0. The Morgan fingerprint density at radius 2 is 1.96 bits per heavy atom. The van der Waals surface area contributed by atoms with E-state index < -0.39 is 10.8 Å². The molecule has 0 atom stereocenters. The number of methoxy groups -OCH3 is 1. The number of hydrogen-bond acceptors (Lipinski definition) is 7. The van der Waals surface area contributed by atoms with Crippen molar-refractivity contribution in [3.8, 4) is 17.0 Å². The third-order valence-corrected chi connectivity index (χ3v) is 4.85. The predicted octanol–water partition coefficient (Wildman–Crippen LogP) is 3.63. The molecule has 0 aliphatic carbocycles. The molecule has 4 rings (SSSR count). The van der Waals surface area contributed by atoms with E-state index in [0.717, 1.165) is 17.0 Å². The van der Waals surface area contributed by atoms with Gasteiger partial charge < -0.3 is 4.74 Å². The second-order valence-electron chi connectivity index (χ2n) is 5.71. The minimum atomic E-state index is -0.642. The largest absolute Gasteiger partial charge is 0.497 e. The van der Waals surface area contributed by atoms with Crippen molar-refractivity contribution < 1.29 is 14.5 Å². The van der Waals surface area contributed by atoms with E-state index >= 15 is 0 Å². The molecule has 0 aliphatic rings.